The molecule has 0 aromatic heterocycles. The average Bonchev–Trinajstić information content (AvgIpc) is 2.20. The van der Waals surface area contributed by atoms with Crippen LogP contribution in [-0.2, 0) is 24.1 Å². The van der Waals surface area contributed by atoms with E-state index in [0.717, 1.165) is 16.7 Å². The van der Waals surface area contributed by atoms with Crippen molar-refractivity contribution in [3.63, 3.8) is 0 Å². The molecule has 0 saturated carbocycles. The minimum atomic E-state index is -0.881. The summed E-state index contributed by atoms with van der Waals surface area (Å²) >= 11 is 0. The predicted molar refractivity (Wildman–Crippen MR) is 57.2 cm³/mol. The van der Waals surface area contributed by atoms with Crippen molar-refractivity contribution < 1.29 is 20.1 Å². The fourth-order valence-corrected chi connectivity index (χ4v) is 2.18. The van der Waals surface area contributed by atoms with Gasteiger partial charge in [0.15, 0.2) is 0 Å². The highest BCUT2D eigenvalue weighted by molar-refractivity contribution is 5.71. The zero-order chi connectivity index (χ0) is 11.7. The van der Waals surface area contributed by atoms with Gasteiger partial charge in [-0.1, -0.05) is 18.2 Å². The summed E-state index contributed by atoms with van der Waals surface area (Å²) in [7, 11) is 0. The van der Waals surface area contributed by atoms with E-state index < -0.39 is 18.2 Å². The molecule has 0 radical (unpaired) electrons. The molecule has 0 heterocycles. The Labute approximate surface area is 93.2 Å². The molecule has 2 rings (SSSR count). The number of hydrogen-bond donors (Lipinski definition) is 3. The third-order valence-corrected chi connectivity index (χ3v) is 3.00. The molecule has 0 saturated heterocycles. The Balaban J connectivity index is 2.36. The summed E-state index contributed by atoms with van der Waals surface area (Å²) < 4.78 is 0. The molecular formula is C12H14O4. The van der Waals surface area contributed by atoms with Crippen molar-refractivity contribution in [3.05, 3.63) is 34.9 Å². The third-order valence-electron chi connectivity index (χ3n) is 3.00. The van der Waals surface area contributed by atoms with Gasteiger partial charge in [-0.15, -0.1) is 0 Å². The van der Waals surface area contributed by atoms with E-state index in [1.54, 1.807) is 12.1 Å². The fraction of sp³-hybridized carbons (Fsp3) is 0.417. The van der Waals surface area contributed by atoms with Crippen LogP contribution in [-0.4, -0.2) is 33.5 Å². The Kier molecular flexibility index (Phi) is 2.94. The molecular weight excluding hydrogens is 208 g/mol. The summed E-state index contributed by atoms with van der Waals surface area (Å²) in [6.45, 7) is 0. The lowest BCUT2D eigenvalue weighted by Gasteiger charge is -2.27. The van der Waals surface area contributed by atoms with Crippen LogP contribution in [0.2, 0.25) is 0 Å². The maximum absolute atomic E-state index is 10.7. The van der Waals surface area contributed by atoms with Gasteiger partial charge >= 0.3 is 5.97 Å². The number of rotatable bonds is 2. The summed E-state index contributed by atoms with van der Waals surface area (Å²) in [5.74, 6) is -0.881. The van der Waals surface area contributed by atoms with Crippen molar-refractivity contribution in [1.82, 2.24) is 0 Å². The fourth-order valence-electron chi connectivity index (χ4n) is 2.18. The topological polar surface area (TPSA) is 77.8 Å². The van der Waals surface area contributed by atoms with Gasteiger partial charge < -0.3 is 15.3 Å². The highest BCUT2D eigenvalue weighted by Gasteiger charge is 2.26. The standard InChI is InChI=1S/C12H14O4/c13-10-4-7-2-1-3-8(5-12(15)16)9(7)6-11(10)14/h1-3,10-11,13-14H,4-6H2,(H,15,16)/t10-,11+/m1/s1. The number of aliphatic hydroxyl groups excluding tert-OH is 2. The molecule has 1 aromatic carbocycles. The van der Waals surface area contributed by atoms with Gasteiger partial charge in [0.25, 0.3) is 0 Å². The molecule has 0 amide bonds. The van der Waals surface area contributed by atoms with E-state index in [1.807, 2.05) is 6.07 Å². The van der Waals surface area contributed by atoms with E-state index in [2.05, 4.69) is 0 Å². The van der Waals surface area contributed by atoms with Crippen LogP contribution in [0.25, 0.3) is 0 Å². The van der Waals surface area contributed by atoms with E-state index in [4.69, 9.17) is 5.11 Å². The molecule has 0 fully saturated rings. The second-order valence-electron chi connectivity index (χ2n) is 4.17. The summed E-state index contributed by atoms with van der Waals surface area (Å²) in [6, 6.07) is 5.43. The molecule has 0 bridgehead atoms. The SMILES string of the molecule is O=C(O)Cc1cccc2c1C[C@H](O)[C@H](O)C2. The molecule has 3 N–H and O–H groups in total. The van der Waals surface area contributed by atoms with Gasteiger partial charge in [-0.25, -0.2) is 0 Å². The maximum Gasteiger partial charge on any atom is 0.307 e. The van der Waals surface area contributed by atoms with E-state index in [0.29, 0.717) is 12.8 Å². The molecule has 16 heavy (non-hydrogen) atoms. The third kappa shape index (κ3) is 2.08. The van der Waals surface area contributed by atoms with Gasteiger partial charge in [0, 0.05) is 12.8 Å². The van der Waals surface area contributed by atoms with Crippen LogP contribution in [0.4, 0.5) is 0 Å². The lowest BCUT2D eigenvalue weighted by atomic mass is 9.84. The van der Waals surface area contributed by atoms with Crippen molar-refractivity contribution in [2.45, 2.75) is 31.5 Å². The molecule has 4 nitrogen and oxygen atoms in total. The molecule has 1 aliphatic rings. The van der Waals surface area contributed by atoms with E-state index in [-0.39, 0.29) is 6.42 Å². The van der Waals surface area contributed by atoms with Crippen molar-refractivity contribution in [3.8, 4) is 0 Å². The number of hydrogen-bond acceptors (Lipinski definition) is 3. The number of fused-ring (bicyclic) bond motifs is 1. The Hall–Kier alpha value is -1.39. The first-order valence-corrected chi connectivity index (χ1v) is 5.25. The Morgan fingerprint density at radius 1 is 1.25 bits per heavy atom. The Morgan fingerprint density at radius 2 is 1.94 bits per heavy atom. The van der Waals surface area contributed by atoms with Crippen molar-refractivity contribution in [2.24, 2.45) is 0 Å². The summed E-state index contributed by atoms with van der Waals surface area (Å²) in [5.41, 5.74) is 2.55. The minimum Gasteiger partial charge on any atom is -0.481 e. The molecule has 4 heteroatoms. The van der Waals surface area contributed by atoms with E-state index >= 15 is 0 Å². The minimum absolute atomic E-state index is 0.0357. The molecule has 86 valence electrons. The molecule has 1 aromatic rings. The quantitative estimate of drug-likeness (QED) is 0.665. The lowest BCUT2D eigenvalue weighted by Crippen LogP contribution is -2.35. The largest absolute Gasteiger partial charge is 0.481 e. The average molecular weight is 222 g/mol. The maximum atomic E-state index is 10.7. The number of aliphatic hydroxyl groups is 2. The van der Waals surface area contributed by atoms with E-state index in [1.165, 1.54) is 0 Å². The first-order chi connectivity index (χ1) is 7.58. The second-order valence-corrected chi connectivity index (χ2v) is 4.17. The van der Waals surface area contributed by atoms with Crippen molar-refractivity contribution in [2.75, 3.05) is 0 Å². The summed E-state index contributed by atoms with van der Waals surface area (Å²) in [5, 5.41) is 27.9. The monoisotopic (exact) mass is 222 g/mol. The number of carboxylic acids is 1. The van der Waals surface area contributed by atoms with Gasteiger partial charge in [-0.3, -0.25) is 4.79 Å². The molecule has 0 aliphatic heterocycles. The normalized spacial score (nSPS) is 23.9. The molecule has 2 atom stereocenters. The number of benzene rings is 1. The summed E-state index contributed by atoms with van der Waals surface area (Å²) in [6.07, 6.45) is -0.842. The predicted octanol–water partition coefficient (Wildman–Crippen LogP) is 0.134. The van der Waals surface area contributed by atoms with Crippen LogP contribution >= 0.6 is 0 Å². The van der Waals surface area contributed by atoms with Crippen LogP contribution in [0.5, 0.6) is 0 Å². The van der Waals surface area contributed by atoms with Gasteiger partial charge in [0.2, 0.25) is 0 Å². The first-order valence-electron chi connectivity index (χ1n) is 5.25. The summed E-state index contributed by atoms with van der Waals surface area (Å²) in [4.78, 5) is 10.7. The van der Waals surface area contributed by atoms with E-state index in [9.17, 15) is 15.0 Å². The molecule has 1 aliphatic carbocycles. The van der Waals surface area contributed by atoms with Gasteiger partial charge in [-0.05, 0) is 16.7 Å². The molecule has 0 unspecified atom stereocenters. The Bertz CT molecular complexity index is 413. The first kappa shape index (κ1) is 11.1. The number of carbonyl (C=O) groups is 1. The van der Waals surface area contributed by atoms with Crippen LogP contribution in [0.15, 0.2) is 18.2 Å². The lowest BCUT2D eigenvalue weighted by molar-refractivity contribution is -0.136. The van der Waals surface area contributed by atoms with Gasteiger partial charge in [0.05, 0.1) is 18.6 Å². The van der Waals surface area contributed by atoms with Crippen LogP contribution in [0.1, 0.15) is 16.7 Å². The Morgan fingerprint density at radius 3 is 2.62 bits per heavy atom. The number of carboxylic acid groups (broad SMARTS) is 1. The second kappa shape index (κ2) is 4.23. The van der Waals surface area contributed by atoms with Crippen LogP contribution in [0.3, 0.4) is 0 Å². The zero-order valence-electron chi connectivity index (χ0n) is 8.76. The van der Waals surface area contributed by atoms with Crippen LogP contribution in [0, 0.1) is 0 Å². The van der Waals surface area contributed by atoms with Crippen LogP contribution < -0.4 is 0 Å². The van der Waals surface area contributed by atoms with Crippen molar-refractivity contribution >= 4 is 5.97 Å². The smallest absolute Gasteiger partial charge is 0.307 e. The zero-order valence-corrected chi connectivity index (χ0v) is 8.76. The highest BCUT2D eigenvalue weighted by atomic mass is 16.4. The highest BCUT2D eigenvalue weighted by Crippen LogP contribution is 2.25. The molecule has 0 spiro atoms. The van der Waals surface area contributed by atoms with Crippen molar-refractivity contribution in [1.29, 1.82) is 0 Å². The van der Waals surface area contributed by atoms with Gasteiger partial charge in [-0.2, -0.15) is 0 Å². The van der Waals surface area contributed by atoms with Gasteiger partial charge in [0.1, 0.15) is 0 Å². The number of aliphatic carboxylic acids is 1.